The molecule has 12 heteroatoms. The fourth-order valence-electron chi connectivity index (χ4n) is 5.48. The van der Waals surface area contributed by atoms with Gasteiger partial charge in [0.1, 0.15) is 12.7 Å². The van der Waals surface area contributed by atoms with Crippen LogP contribution in [0.15, 0.2) is 85.1 Å². The molecule has 1 aliphatic rings. The summed E-state index contributed by atoms with van der Waals surface area (Å²) in [5.74, 6) is -1.07. The number of ether oxygens (including phenoxy) is 3. The lowest BCUT2D eigenvalue weighted by atomic mass is 10.1. The molecule has 0 aliphatic carbocycles. The van der Waals surface area contributed by atoms with Crippen LogP contribution in [-0.2, 0) is 37.4 Å². The number of allylic oxidation sites excluding steroid dienone is 13. The normalized spacial score (nSPS) is 18.2. The van der Waals surface area contributed by atoms with Crippen molar-refractivity contribution in [2.75, 3.05) is 26.4 Å². The summed E-state index contributed by atoms with van der Waals surface area (Å²) in [5, 5.41) is 18.3. The van der Waals surface area contributed by atoms with Crippen molar-refractivity contribution in [2.45, 2.75) is 167 Å². The predicted octanol–water partition coefficient (Wildman–Crippen LogP) is 10.4. The number of carbonyl (C=O) groups is 2. The molecular weight excluding hydrogens is 759 g/mol. The first-order chi connectivity index (χ1) is 28.2. The van der Waals surface area contributed by atoms with Crippen LogP contribution in [0.1, 0.15) is 142 Å². The summed E-state index contributed by atoms with van der Waals surface area (Å²) in [6.07, 6.45) is 45.9. The van der Waals surface area contributed by atoms with Crippen LogP contribution in [0.25, 0.3) is 0 Å². The lowest BCUT2D eigenvalue weighted by Crippen LogP contribution is -2.29. The van der Waals surface area contributed by atoms with Gasteiger partial charge in [-0.15, -0.1) is 0 Å². The van der Waals surface area contributed by atoms with Crippen molar-refractivity contribution in [1.29, 1.82) is 0 Å². The number of esters is 2. The Morgan fingerprint density at radius 3 is 1.66 bits per heavy atom. The van der Waals surface area contributed by atoms with Crippen LogP contribution in [0.5, 0.6) is 0 Å². The Hall–Kier alpha value is -2.89. The van der Waals surface area contributed by atoms with Gasteiger partial charge in [0.25, 0.3) is 0 Å². The Labute approximate surface area is 349 Å². The van der Waals surface area contributed by atoms with Gasteiger partial charge < -0.3 is 29.3 Å². The first-order valence-corrected chi connectivity index (χ1v) is 23.2. The molecule has 0 spiro atoms. The smallest absolute Gasteiger partial charge is 0.462 e. The van der Waals surface area contributed by atoms with E-state index in [0.717, 1.165) is 44.9 Å². The number of unbranched alkanes of at least 4 members (excludes halogenated alkanes) is 7. The van der Waals surface area contributed by atoms with E-state index in [4.69, 9.17) is 23.8 Å². The lowest BCUT2D eigenvalue weighted by Gasteiger charge is -2.20. The summed E-state index contributed by atoms with van der Waals surface area (Å²) >= 11 is 0. The Kier molecular flexibility index (Phi) is 34.0. The molecule has 3 unspecified atom stereocenters. The van der Waals surface area contributed by atoms with Crippen molar-refractivity contribution in [3.05, 3.63) is 85.1 Å². The highest BCUT2D eigenvalue weighted by molar-refractivity contribution is 7.47. The third kappa shape index (κ3) is 34.0. The average Bonchev–Trinajstić information content (AvgIpc) is 3.97. The zero-order chi connectivity index (χ0) is 42.4. The highest BCUT2D eigenvalue weighted by atomic mass is 31.2. The minimum absolute atomic E-state index is 0.0894. The number of rotatable bonds is 38. The lowest BCUT2D eigenvalue weighted by molar-refractivity contribution is -0.161. The molecule has 0 aromatic rings. The third-order valence-electron chi connectivity index (χ3n) is 8.95. The van der Waals surface area contributed by atoms with Crippen LogP contribution < -0.4 is 0 Å². The molecule has 58 heavy (non-hydrogen) atoms. The molecule has 3 N–H and O–H groups in total. The van der Waals surface area contributed by atoms with Crippen molar-refractivity contribution < 1.29 is 52.5 Å². The second-order valence-electron chi connectivity index (χ2n) is 14.4. The van der Waals surface area contributed by atoms with E-state index in [0.29, 0.717) is 37.9 Å². The van der Waals surface area contributed by atoms with E-state index >= 15 is 0 Å². The van der Waals surface area contributed by atoms with Crippen molar-refractivity contribution in [1.82, 2.24) is 0 Å². The van der Waals surface area contributed by atoms with Gasteiger partial charge in [-0.05, 0) is 83.5 Å². The topological polar surface area (TPSA) is 161 Å². The van der Waals surface area contributed by atoms with E-state index in [1.165, 1.54) is 44.9 Å². The van der Waals surface area contributed by atoms with Gasteiger partial charge in [-0.1, -0.05) is 131 Å². The average molecular weight is 835 g/mol. The van der Waals surface area contributed by atoms with Crippen LogP contribution >= 0.6 is 7.82 Å². The highest BCUT2D eigenvalue weighted by Gasteiger charge is 2.36. The maximum atomic E-state index is 12.6. The van der Waals surface area contributed by atoms with Crippen LogP contribution in [0, 0.1) is 0 Å². The largest absolute Gasteiger partial charge is 0.472 e. The van der Waals surface area contributed by atoms with Crippen molar-refractivity contribution >= 4 is 19.8 Å². The summed E-state index contributed by atoms with van der Waals surface area (Å²) in [4.78, 5) is 35.0. The van der Waals surface area contributed by atoms with Crippen LogP contribution in [-0.4, -0.2) is 77.9 Å². The van der Waals surface area contributed by atoms with Gasteiger partial charge in [0.05, 0.1) is 32.0 Å². The van der Waals surface area contributed by atoms with Crippen LogP contribution in [0.3, 0.4) is 0 Å². The molecule has 0 amide bonds. The maximum Gasteiger partial charge on any atom is 0.472 e. The molecule has 1 fully saturated rings. The SMILES string of the molecule is CCCCC/C=C\C/C=C\C/C=C\C/C=C\CCCC(=O)O[C@H](COC(=O)CCC/C=C\C/C=C\C/C=C\CC1OC1CCCCC)COP(=O)(O)OC[C@@H](O)CO. The van der Waals surface area contributed by atoms with E-state index in [-0.39, 0.29) is 19.4 Å². The first kappa shape index (κ1) is 53.1. The number of phosphoric acid groups is 1. The third-order valence-corrected chi connectivity index (χ3v) is 9.90. The Bertz CT molecular complexity index is 1300. The summed E-state index contributed by atoms with van der Waals surface area (Å²) in [6, 6.07) is 0. The van der Waals surface area contributed by atoms with Crippen molar-refractivity contribution in [2.24, 2.45) is 0 Å². The van der Waals surface area contributed by atoms with E-state index in [1.54, 1.807) is 0 Å². The molecule has 1 heterocycles. The van der Waals surface area contributed by atoms with Gasteiger partial charge in [0, 0.05) is 12.8 Å². The molecule has 0 aromatic heterocycles. The maximum absolute atomic E-state index is 12.6. The predicted molar refractivity (Wildman–Crippen MR) is 232 cm³/mol. The molecule has 1 aliphatic heterocycles. The fourth-order valence-corrected chi connectivity index (χ4v) is 6.27. The van der Waals surface area contributed by atoms with E-state index in [9.17, 15) is 24.2 Å². The second-order valence-corrected chi connectivity index (χ2v) is 15.8. The number of aliphatic hydroxyl groups excluding tert-OH is 2. The molecule has 1 saturated heterocycles. The summed E-state index contributed by atoms with van der Waals surface area (Å²) in [6.45, 7) is 2.16. The van der Waals surface area contributed by atoms with Gasteiger partial charge in [-0.25, -0.2) is 4.57 Å². The standard InChI is InChI=1S/C46H75O11P/c1-3-5-7-8-9-10-11-12-13-14-15-16-17-22-25-28-32-36-46(50)56-42(40-55-58(51,52)54-38-41(48)37-47)39-53-45(49)35-31-27-24-21-19-18-20-23-26-30-34-44-43(57-44)33-29-6-4-2/h9-10,12-13,15-16,18,20-22,24-26,30,41-44,47-48H,3-8,11,14,17,19,23,27-29,31-40H2,1-2H3,(H,51,52)/b10-9-,13-12-,16-15-,20-18-,24-21-,25-22-,30-26-/t41-,42+,43?,44?/m0/s1. The number of epoxide rings is 1. The Morgan fingerprint density at radius 2 is 1.10 bits per heavy atom. The molecule has 0 radical (unpaired) electrons. The summed E-state index contributed by atoms with van der Waals surface area (Å²) in [5.41, 5.74) is 0. The monoisotopic (exact) mass is 835 g/mol. The zero-order valence-electron chi connectivity index (χ0n) is 35.4. The molecule has 0 saturated carbocycles. The number of phosphoric ester groups is 1. The van der Waals surface area contributed by atoms with Crippen LogP contribution in [0.4, 0.5) is 0 Å². The van der Waals surface area contributed by atoms with Crippen LogP contribution in [0.2, 0.25) is 0 Å². The molecule has 0 aromatic carbocycles. The second kappa shape index (κ2) is 37.1. The van der Waals surface area contributed by atoms with Crippen molar-refractivity contribution in [3.63, 3.8) is 0 Å². The Balaban J connectivity index is 2.34. The number of hydrogen-bond acceptors (Lipinski definition) is 10. The zero-order valence-corrected chi connectivity index (χ0v) is 36.3. The molecule has 1 rings (SSSR count). The molecule has 5 atom stereocenters. The Morgan fingerprint density at radius 1 is 0.621 bits per heavy atom. The number of carbonyl (C=O) groups excluding carboxylic acids is 2. The van der Waals surface area contributed by atoms with Gasteiger partial charge in [0.2, 0.25) is 0 Å². The quantitative estimate of drug-likeness (QED) is 0.0178. The summed E-state index contributed by atoms with van der Waals surface area (Å²) < 4.78 is 38.3. The van der Waals surface area contributed by atoms with Gasteiger partial charge in [-0.2, -0.15) is 0 Å². The van der Waals surface area contributed by atoms with E-state index in [1.807, 2.05) is 18.2 Å². The van der Waals surface area contributed by atoms with Crippen molar-refractivity contribution in [3.8, 4) is 0 Å². The highest BCUT2D eigenvalue weighted by Crippen LogP contribution is 2.43. The van der Waals surface area contributed by atoms with Gasteiger partial charge >= 0.3 is 19.8 Å². The molecule has 330 valence electrons. The van der Waals surface area contributed by atoms with E-state index < -0.39 is 51.8 Å². The number of hydrogen-bond donors (Lipinski definition) is 3. The van der Waals surface area contributed by atoms with Gasteiger partial charge in [0.15, 0.2) is 6.10 Å². The molecular formula is C46H75O11P. The minimum atomic E-state index is -4.65. The molecule has 0 bridgehead atoms. The minimum Gasteiger partial charge on any atom is -0.462 e. The number of aliphatic hydroxyl groups is 2. The van der Waals surface area contributed by atoms with E-state index in [2.05, 4.69) is 85.2 Å². The first-order valence-electron chi connectivity index (χ1n) is 21.7. The van der Waals surface area contributed by atoms with Gasteiger partial charge in [-0.3, -0.25) is 18.6 Å². The molecule has 11 nitrogen and oxygen atoms in total. The summed E-state index contributed by atoms with van der Waals surface area (Å²) in [7, 11) is -4.65. The fraction of sp³-hybridized carbons (Fsp3) is 0.652.